The molecule has 0 aromatic heterocycles. The summed E-state index contributed by atoms with van der Waals surface area (Å²) in [5.41, 5.74) is 8.45. The van der Waals surface area contributed by atoms with Gasteiger partial charge in [-0.1, -0.05) is 46.9 Å². The third kappa shape index (κ3) is 3.58. The molecule has 0 saturated heterocycles. The molecule has 0 atom stereocenters. The largest absolute Gasteiger partial charge is 0.487 e. The van der Waals surface area contributed by atoms with Crippen LogP contribution in [0.3, 0.4) is 0 Å². The molecule has 0 bridgehead atoms. The lowest BCUT2D eigenvalue weighted by atomic mass is 10.1. The number of hydrogen-bond donors (Lipinski definition) is 1. The molecule has 0 aliphatic heterocycles. The standard InChI is InChI=1S/C15H14Cl3NO/c1-9-2-3-10(13(17)4-9)8-20-15-11(7-19)5-12(16)6-14(15)18/h2-6H,7-8,19H2,1H3. The summed E-state index contributed by atoms with van der Waals surface area (Å²) >= 11 is 18.3. The van der Waals surface area contributed by atoms with E-state index < -0.39 is 0 Å². The van der Waals surface area contributed by atoms with Gasteiger partial charge >= 0.3 is 0 Å². The Labute approximate surface area is 133 Å². The third-order valence-electron chi connectivity index (χ3n) is 2.89. The summed E-state index contributed by atoms with van der Waals surface area (Å²) in [6, 6.07) is 9.20. The first kappa shape index (κ1) is 15.5. The van der Waals surface area contributed by atoms with Crippen LogP contribution in [-0.2, 0) is 13.2 Å². The Kier molecular flexibility index (Phi) is 5.17. The lowest BCUT2D eigenvalue weighted by Gasteiger charge is -2.13. The predicted octanol–water partition coefficient (Wildman–Crippen LogP) is 4.99. The SMILES string of the molecule is Cc1ccc(COc2c(Cl)cc(Cl)cc2CN)c(Cl)c1. The molecule has 5 heteroatoms. The molecule has 2 rings (SSSR count). The van der Waals surface area contributed by atoms with Gasteiger partial charge in [0.15, 0.2) is 0 Å². The molecule has 0 unspecified atom stereocenters. The zero-order chi connectivity index (χ0) is 14.7. The molecule has 0 spiro atoms. The van der Waals surface area contributed by atoms with Gasteiger partial charge in [-0.05, 0) is 30.7 Å². The molecule has 2 nitrogen and oxygen atoms in total. The Hall–Kier alpha value is -0.930. The van der Waals surface area contributed by atoms with Gasteiger partial charge in [0, 0.05) is 27.7 Å². The fourth-order valence-corrected chi connectivity index (χ4v) is 2.73. The van der Waals surface area contributed by atoms with Gasteiger partial charge in [-0.3, -0.25) is 0 Å². The molecular formula is C15H14Cl3NO. The van der Waals surface area contributed by atoms with Crippen molar-refractivity contribution in [3.05, 3.63) is 62.1 Å². The van der Waals surface area contributed by atoms with Crippen molar-refractivity contribution in [3.8, 4) is 5.75 Å². The van der Waals surface area contributed by atoms with E-state index in [0.717, 1.165) is 16.7 Å². The maximum atomic E-state index is 6.18. The summed E-state index contributed by atoms with van der Waals surface area (Å²) in [5.74, 6) is 0.551. The molecule has 0 fully saturated rings. The van der Waals surface area contributed by atoms with Crippen LogP contribution in [0.5, 0.6) is 5.75 Å². The predicted molar refractivity (Wildman–Crippen MR) is 84.9 cm³/mol. The molecular weight excluding hydrogens is 317 g/mol. The highest BCUT2D eigenvalue weighted by Gasteiger charge is 2.11. The minimum Gasteiger partial charge on any atom is -0.487 e. The molecule has 2 aromatic rings. The first-order chi connectivity index (χ1) is 9.51. The lowest BCUT2D eigenvalue weighted by molar-refractivity contribution is 0.303. The highest BCUT2D eigenvalue weighted by Crippen LogP contribution is 2.33. The van der Waals surface area contributed by atoms with Crippen molar-refractivity contribution in [2.45, 2.75) is 20.1 Å². The average molecular weight is 331 g/mol. The number of aryl methyl sites for hydroxylation is 1. The molecule has 2 N–H and O–H groups in total. The van der Waals surface area contributed by atoms with Crippen LogP contribution in [0, 0.1) is 6.92 Å². The summed E-state index contributed by atoms with van der Waals surface area (Å²) in [5, 5.41) is 1.65. The van der Waals surface area contributed by atoms with Gasteiger partial charge in [-0.2, -0.15) is 0 Å². The molecule has 2 aromatic carbocycles. The number of benzene rings is 2. The minimum absolute atomic E-state index is 0.303. The zero-order valence-corrected chi connectivity index (χ0v) is 13.2. The van der Waals surface area contributed by atoms with Crippen LogP contribution in [0.4, 0.5) is 0 Å². The maximum Gasteiger partial charge on any atom is 0.142 e. The normalized spacial score (nSPS) is 10.7. The molecule has 20 heavy (non-hydrogen) atoms. The smallest absolute Gasteiger partial charge is 0.142 e. The summed E-state index contributed by atoms with van der Waals surface area (Å²) in [7, 11) is 0. The Balaban J connectivity index is 2.22. The zero-order valence-electron chi connectivity index (χ0n) is 10.9. The first-order valence-electron chi connectivity index (χ1n) is 6.07. The highest BCUT2D eigenvalue weighted by atomic mass is 35.5. The number of halogens is 3. The summed E-state index contributed by atoms with van der Waals surface area (Å²) in [6.45, 7) is 2.61. The van der Waals surface area contributed by atoms with Gasteiger partial charge in [0.1, 0.15) is 12.4 Å². The van der Waals surface area contributed by atoms with Crippen molar-refractivity contribution in [3.63, 3.8) is 0 Å². The Morgan fingerprint density at radius 3 is 2.40 bits per heavy atom. The fraction of sp³-hybridized carbons (Fsp3) is 0.200. The first-order valence-corrected chi connectivity index (χ1v) is 7.20. The van der Waals surface area contributed by atoms with Crippen molar-refractivity contribution in [1.82, 2.24) is 0 Å². The molecule has 0 amide bonds. The maximum absolute atomic E-state index is 6.18. The van der Waals surface area contributed by atoms with E-state index >= 15 is 0 Å². The van der Waals surface area contributed by atoms with E-state index in [0.29, 0.717) is 34.0 Å². The number of ether oxygens (including phenoxy) is 1. The van der Waals surface area contributed by atoms with E-state index in [1.54, 1.807) is 12.1 Å². The van der Waals surface area contributed by atoms with Crippen molar-refractivity contribution in [2.75, 3.05) is 0 Å². The molecule has 0 aliphatic carbocycles. The van der Waals surface area contributed by atoms with Gasteiger partial charge in [0.05, 0.1) is 5.02 Å². The number of rotatable bonds is 4. The lowest BCUT2D eigenvalue weighted by Crippen LogP contribution is -2.04. The van der Waals surface area contributed by atoms with Crippen LogP contribution >= 0.6 is 34.8 Å². The summed E-state index contributed by atoms with van der Waals surface area (Å²) in [6.07, 6.45) is 0. The number of hydrogen-bond acceptors (Lipinski definition) is 2. The number of nitrogens with two attached hydrogens (primary N) is 1. The highest BCUT2D eigenvalue weighted by molar-refractivity contribution is 6.35. The molecule has 0 heterocycles. The summed E-state index contributed by atoms with van der Waals surface area (Å²) in [4.78, 5) is 0. The van der Waals surface area contributed by atoms with Gasteiger partial charge in [-0.25, -0.2) is 0 Å². The molecule has 0 radical (unpaired) electrons. The second-order valence-corrected chi connectivity index (χ2v) is 5.71. The Morgan fingerprint density at radius 2 is 1.75 bits per heavy atom. The van der Waals surface area contributed by atoms with Gasteiger partial charge < -0.3 is 10.5 Å². The van der Waals surface area contributed by atoms with Crippen molar-refractivity contribution in [2.24, 2.45) is 5.73 Å². The van der Waals surface area contributed by atoms with Crippen LogP contribution in [0.1, 0.15) is 16.7 Å². The minimum atomic E-state index is 0.303. The van der Waals surface area contributed by atoms with E-state index in [2.05, 4.69) is 0 Å². The molecule has 0 aliphatic rings. The van der Waals surface area contributed by atoms with Gasteiger partial charge in [0.25, 0.3) is 0 Å². The molecule has 106 valence electrons. The van der Waals surface area contributed by atoms with Crippen LogP contribution < -0.4 is 10.5 Å². The Morgan fingerprint density at radius 1 is 1.00 bits per heavy atom. The second kappa shape index (κ2) is 6.68. The summed E-state index contributed by atoms with van der Waals surface area (Å²) < 4.78 is 5.77. The van der Waals surface area contributed by atoms with Crippen LogP contribution in [-0.4, -0.2) is 0 Å². The topological polar surface area (TPSA) is 35.2 Å². The van der Waals surface area contributed by atoms with E-state index in [1.807, 2.05) is 25.1 Å². The Bertz CT molecular complexity index is 629. The van der Waals surface area contributed by atoms with Gasteiger partial charge in [0.2, 0.25) is 0 Å². The van der Waals surface area contributed by atoms with E-state index in [1.165, 1.54) is 0 Å². The van der Waals surface area contributed by atoms with E-state index in [-0.39, 0.29) is 0 Å². The quantitative estimate of drug-likeness (QED) is 0.857. The third-order valence-corrected chi connectivity index (χ3v) is 3.74. The monoisotopic (exact) mass is 329 g/mol. The van der Waals surface area contributed by atoms with Crippen LogP contribution in [0.2, 0.25) is 15.1 Å². The van der Waals surface area contributed by atoms with Crippen molar-refractivity contribution < 1.29 is 4.74 Å². The van der Waals surface area contributed by atoms with Gasteiger partial charge in [-0.15, -0.1) is 0 Å². The van der Waals surface area contributed by atoms with Crippen molar-refractivity contribution >= 4 is 34.8 Å². The molecule has 0 saturated carbocycles. The fourth-order valence-electron chi connectivity index (χ4n) is 1.85. The van der Waals surface area contributed by atoms with Crippen LogP contribution in [0.25, 0.3) is 0 Å². The van der Waals surface area contributed by atoms with Crippen LogP contribution in [0.15, 0.2) is 30.3 Å². The van der Waals surface area contributed by atoms with E-state index in [9.17, 15) is 0 Å². The van der Waals surface area contributed by atoms with E-state index in [4.69, 9.17) is 45.3 Å². The van der Waals surface area contributed by atoms with Crippen molar-refractivity contribution in [1.29, 1.82) is 0 Å². The second-order valence-electron chi connectivity index (χ2n) is 4.46. The average Bonchev–Trinajstić information content (AvgIpc) is 2.38.